The van der Waals surface area contributed by atoms with Crippen LogP contribution in [0.15, 0.2) is 0 Å². The SMILES string of the molecule is CCCCCC[C@H](CC)OCC. The van der Waals surface area contributed by atoms with Crippen molar-refractivity contribution < 1.29 is 4.74 Å². The highest BCUT2D eigenvalue weighted by Crippen LogP contribution is 2.10. The molecule has 0 saturated heterocycles. The Kier molecular flexibility index (Phi) is 9.02. The summed E-state index contributed by atoms with van der Waals surface area (Å²) in [5.74, 6) is 0. The highest BCUT2D eigenvalue weighted by Gasteiger charge is 2.03. The van der Waals surface area contributed by atoms with Gasteiger partial charge in [0.05, 0.1) is 6.10 Å². The van der Waals surface area contributed by atoms with E-state index in [1.807, 2.05) is 0 Å². The van der Waals surface area contributed by atoms with E-state index in [1.54, 1.807) is 0 Å². The van der Waals surface area contributed by atoms with Gasteiger partial charge in [-0.05, 0) is 19.8 Å². The van der Waals surface area contributed by atoms with Gasteiger partial charge in [0.25, 0.3) is 0 Å². The Bertz CT molecular complexity index is 81.1. The topological polar surface area (TPSA) is 9.23 Å². The first-order valence-corrected chi connectivity index (χ1v) is 5.46. The van der Waals surface area contributed by atoms with Crippen molar-refractivity contribution in [2.75, 3.05) is 6.61 Å². The van der Waals surface area contributed by atoms with Gasteiger partial charge in [-0.2, -0.15) is 0 Å². The van der Waals surface area contributed by atoms with E-state index in [4.69, 9.17) is 4.74 Å². The molecule has 0 spiro atoms. The molecule has 74 valence electrons. The number of rotatable bonds is 8. The predicted octanol–water partition coefficient (Wildman–Crippen LogP) is 3.77. The molecular weight excluding hydrogens is 148 g/mol. The van der Waals surface area contributed by atoms with E-state index in [0.717, 1.165) is 6.61 Å². The van der Waals surface area contributed by atoms with Crippen molar-refractivity contribution in [3.05, 3.63) is 0 Å². The lowest BCUT2D eigenvalue weighted by molar-refractivity contribution is 0.0523. The molecule has 1 heteroatoms. The van der Waals surface area contributed by atoms with Gasteiger partial charge in [0.1, 0.15) is 0 Å². The number of hydrogen-bond donors (Lipinski definition) is 0. The first kappa shape index (κ1) is 12.0. The minimum Gasteiger partial charge on any atom is -0.379 e. The molecule has 0 N–H and O–H groups in total. The Morgan fingerprint density at radius 1 is 1.00 bits per heavy atom. The molecule has 0 unspecified atom stereocenters. The van der Waals surface area contributed by atoms with Gasteiger partial charge in [0.2, 0.25) is 0 Å². The maximum Gasteiger partial charge on any atom is 0.0572 e. The zero-order valence-electron chi connectivity index (χ0n) is 8.94. The van der Waals surface area contributed by atoms with Gasteiger partial charge in [0, 0.05) is 6.61 Å². The minimum atomic E-state index is 0.520. The summed E-state index contributed by atoms with van der Waals surface area (Å²) in [6.45, 7) is 7.40. The monoisotopic (exact) mass is 172 g/mol. The molecule has 0 aromatic rings. The molecule has 0 radical (unpaired) electrons. The minimum absolute atomic E-state index is 0.520. The van der Waals surface area contributed by atoms with Crippen LogP contribution in [0.2, 0.25) is 0 Å². The van der Waals surface area contributed by atoms with Crippen LogP contribution in [0.5, 0.6) is 0 Å². The fourth-order valence-corrected chi connectivity index (χ4v) is 1.44. The fraction of sp³-hybridized carbons (Fsp3) is 1.00. The smallest absolute Gasteiger partial charge is 0.0572 e. The van der Waals surface area contributed by atoms with Crippen LogP contribution in [0.25, 0.3) is 0 Å². The van der Waals surface area contributed by atoms with Crippen molar-refractivity contribution in [1.82, 2.24) is 0 Å². The summed E-state index contributed by atoms with van der Waals surface area (Å²) in [5.41, 5.74) is 0. The van der Waals surface area contributed by atoms with Gasteiger partial charge in [-0.15, -0.1) is 0 Å². The lowest BCUT2D eigenvalue weighted by Gasteiger charge is -2.14. The van der Waals surface area contributed by atoms with Crippen molar-refractivity contribution in [1.29, 1.82) is 0 Å². The molecule has 1 atom stereocenters. The van der Waals surface area contributed by atoms with E-state index >= 15 is 0 Å². The summed E-state index contributed by atoms with van der Waals surface area (Å²) >= 11 is 0. The third-order valence-corrected chi connectivity index (χ3v) is 2.24. The largest absolute Gasteiger partial charge is 0.379 e. The fourth-order valence-electron chi connectivity index (χ4n) is 1.44. The van der Waals surface area contributed by atoms with E-state index in [2.05, 4.69) is 20.8 Å². The third-order valence-electron chi connectivity index (χ3n) is 2.24. The van der Waals surface area contributed by atoms with E-state index in [-0.39, 0.29) is 0 Å². The predicted molar refractivity (Wildman–Crippen MR) is 54.5 cm³/mol. The summed E-state index contributed by atoms with van der Waals surface area (Å²) in [5, 5.41) is 0. The second kappa shape index (κ2) is 9.05. The zero-order chi connectivity index (χ0) is 9.23. The van der Waals surface area contributed by atoms with E-state index in [0.29, 0.717) is 6.10 Å². The Labute approximate surface area is 77.5 Å². The highest BCUT2D eigenvalue weighted by molar-refractivity contribution is 4.55. The molecule has 0 aromatic carbocycles. The van der Waals surface area contributed by atoms with Crippen LogP contribution in [-0.4, -0.2) is 12.7 Å². The molecule has 12 heavy (non-hydrogen) atoms. The van der Waals surface area contributed by atoms with Crippen molar-refractivity contribution in [2.45, 2.75) is 65.4 Å². The Morgan fingerprint density at radius 2 is 1.75 bits per heavy atom. The normalized spacial score (nSPS) is 13.2. The second-order valence-electron chi connectivity index (χ2n) is 3.33. The molecule has 0 aliphatic heterocycles. The molecule has 0 amide bonds. The van der Waals surface area contributed by atoms with Crippen molar-refractivity contribution in [3.63, 3.8) is 0 Å². The van der Waals surface area contributed by atoms with Crippen LogP contribution in [0.4, 0.5) is 0 Å². The molecule has 0 aliphatic rings. The Balaban J connectivity index is 3.19. The van der Waals surface area contributed by atoms with Crippen molar-refractivity contribution in [3.8, 4) is 0 Å². The van der Waals surface area contributed by atoms with Crippen LogP contribution in [0, 0.1) is 0 Å². The van der Waals surface area contributed by atoms with Crippen LogP contribution >= 0.6 is 0 Å². The molecule has 0 heterocycles. The van der Waals surface area contributed by atoms with Crippen molar-refractivity contribution in [2.24, 2.45) is 0 Å². The second-order valence-corrected chi connectivity index (χ2v) is 3.33. The number of hydrogen-bond acceptors (Lipinski definition) is 1. The average molecular weight is 172 g/mol. The first-order chi connectivity index (χ1) is 5.85. The molecule has 0 saturated carbocycles. The lowest BCUT2D eigenvalue weighted by atomic mass is 10.1. The third kappa shape index (κ3) is 6.66. The maximum absolute atomic E-state index is 5.57. The van der Waals surface area contributed by atoms with Crippen LogP contribution < -0.4 is 0 Å². The maximum atomic E-state index is 5.57. The molecule has 0 fully saturated rings. The molecule has 0 aromatic heterocycles. The number of unbranched alkanes of at least 4 members (excludes halogenated alkanes) is 3. The van der Waals surface area contributed by atoms with Gasteiger partial charge < -0.3 is 4.74 Å². The summed E-state index contributed by atoms with van der Waals surface area (Å²) in [4.78, 5) is 0. The standard InChI is InChI=1S/C11H24O/c1-4-7-8-9-10-11(5-2)12-6-3/h11H,4-10H2,1-3H3/t11-/m0/s1. The molecule has 1 nitrogen and oxygen atoms in total. The highest BCUT2D eigenvalue weighted by atomic mass is 16.5. The molecule has 0 rings (SSSR count). The van der Waals surface area contributed by atoms with Crippen molar-refractivity contribution >= 4 is 0 Å². The molecule has 0 aliphatic carbocycles. The van der Waals surface area contributed by atoms with Gasteiger partial charge in [-0.3, -0.25) is 0 Å². The zero-order valence-corrected chi connectivity index (χ0v) is 8.94. The average Bonchev–Trinajstić information content (AvgIpc) is 2.10. The van der Waals surface area contributed by atoms with Gasteiger partial charge in [-0.1, -0.05) is 39.5 Å². The van der Waals surface area contributed by atoms with Crippen LogP contribution in [0.1, 0.15) is 59.3 Å². The lowest BCUT2D eigenvalue weighted by Crippen LogP contribution is -2.11. The van der Waals surface area contributed by atoms with E-state index in [9.17, 15) is 0 Å². The summed E-state index contributed by atoms with van der Waals surface area (Å²) in [7, 11) is 0. The van der Waals surface area contributed by atoms with Crippen LogP contribution in [0.3, 0.4) is 0 Å². The van der Waals surface area contributed by atoms with E-state index < -0.39 is 0 Å². The van der Waals surface area contributed by atoms with Gasteiger partial charge in [0.15, 0.2) is 0 Å². The summed E-state index contributed by atoms with van der Waals surface area (Å²) in [6.07, 6.45) is 8.36. The quantitative estimate of drug-likeness (QED) is 0.506. The van der Waals surface area contributed by atoms with Crippen LogP contribution in [-0.2, 0) is 4.74 Å². The summed E-state index contributed by atoms with van der Waals surface area (Å²) < 4.78 is 5.57. The van der Waals surface area contributed by atoms with Gasteiger partial charge in [-0.25, -0.2) is 0 Å². The number of ether oxygens (including phenoxy) is 1. The van der Waals surface area contributed by atoms with Gasteiger partial charge >= 0.3 is 0 Å². The summed E-state index contributed by atoms with van der Waals surface area (Å²) in [6, 6.07) is 0. The molecule has 0 bridgehead atoms. The first-order valence-electron chi connectivity index (χ1n) is 5.46. The van der Waals surface area contributed by atoms with E-state index in [1.165, 1.54) is 38.5 Å². The molecular formula is C11H24O. The Morgan fingerprint density at radius 3 is 2.25 bits per heavy atom. The Hall–Kier alpha value is -0.0400.